The highest BCUT2D eigenvalue weighted by atomic mass is 32.1. The lowest BCUT2D eigenvalue weighted by molar-refractivity contribution is -0.00522. The predicted molar refractivity (Wildman–Crippen MR) is 73.4 cm³/mol. The van der Waals surface area contributed by atoms with Gasteiger partial charge in [0.15, 0.2) is 0 Å². The monoisotopic (exact) mass is 282 g/mol. The van der Waals surface area contributed by atoms with E-state index in [1.807, 2.05) is 0 Å². The third kappa shape index (κ3) is 11.3. The van der Waals surface area contributed by atoms with Crippen molar-refractivity contribution >= 4 is 12.6 Å². The van der Waals surface area contributed by atoms with Crippen LogP contribution < -0.4 is 0 Å². The molecule has 0 aromatic heterocycles. The molecule has 0 aliphatic rings. The third-order valence-corrected chi connectivity index (χ3v) is 2.81. The Bertz CT molecular complexity index is 159. The number of rotatable bonds is 13. The SMILES string of the molecule is COCCOCC(COCCOC)CC(O)CS. The van der Waals surface area contributed by atoms with Crippen LogP contribution >= 0.6 is 12.6 Å². The number of hydrogen-bond acceptors (Lipinski definition) is 6. The minimum atomic E-state index is -0.421. The Balaban J connectivity index is 3.77. The average Bonchev–Trinajstić information content (AvgIpc) is 2.39. The van der Waals surface area contributed by atoms with Crippen molar-refractivity contribution in [3.63, 3.8) is 0 Å². The molecule has 0 bridgehead atoms. The molecular weight excluding hydrogens is 256 g/mol. The number of hydrogen-bond donors (Lipinski definition) is 2. The molecule has 0 aliphatic heterocycles. The van der Waals surface area contributed by atoms with Crippen molar-refractivity contribution in [1.82, 2.24) is 0 Å². The summed E-state index contributed by atoms with van der Waals surface area (Å²) in [6, 6.07) is 0. The van der Waals surface area contributed by atoms with Crippen molar-refractivity contribution in [3.05, 3.63) is 0 Å². The molecule has 0 saturated heterocycles. The Hall–Kier alpha value is 0.150. The van der Waals surface area contributed by atoms with Gasteiger partial charge in [0, 0.05) is 25.9 Å². The number of aliphatic hydroxyl groups is 1. The van der Waals surface area contributed by atoms with Gasteiger partial charge in [0.2, 0.25) is 0 Å². The minimum Gasteiger partial charge on any atom is -0.392 e. The van der Waals surface area contributed by atoms with Crippen LogP contribution in [0.3, 0.4) is 0 Å². The number of methoxy groups -OCH3 is 2. The topological polar surface area (TPSA) is 57.2 Å². The molecule has 0 aromatic carbocycles. The molecule has 0 aromatic rings. The van der Waals surface area contributed by atoms with Crippen LogP contribution in [-0.4, -0.2) is 70.8 Å². The second-order valence-electron chi connectivity index (χ2n) is 4.07. The molecule has 0 saturated carbocycles. The van der Waals surface area contributed by atoms with Crippen molar-refractivity contribution in [2.75, 3.05) is 59.6 Å². The third-order valence-electron chi connectivity index (χ3n) is 2.39. The summed E-state index contributed by atoms with van der Waals surface area (Å²) in [5, 5.41) is 9.60. The fraction of sp³-hybridized carbons (Fsp3) is 1.00. The minimum absolute atomic E-state index is 0.167. The van der Waals surface area contributed by atoms with E-state index in [1.54, 1.807) is 14.2 Å². The van der Waals surface area contributed by atoms with E-state index in [-0.39, 0.29) is 5.92 Å². The molecule has 0 aliphatic carbocycles. The van der Waals surface area contributed by atoms with E-state index in [1.165, 1.54) is 0 Å². The van der Waals surface area contributed by atoms with E-state index in [0.717, 1.165) is 0 Å². The lowest BCUT2D eigenvalue weighted by Gasteiger charge is -2.19. The normalized spacial score (nSPS) is 13.2. The van der Waals surface area contributed by atoms with Gasteiger partial charge in [-0.3, -0.25) is 0 Å². The molecule has 1 unspecified atom stereocenters. The Morgan fingerprint density at radius 1 is 0.944 bits per heavy atom. The first kappa shape index (κ1) is 18.1. The molecule has 1 N–H and O–H groups in total. The Kier molecular flexibility index (Phi) is 13.7. The van der Waals surface area contributed by atoms with Gasteiger partial charge in [-0.1, -0.05) is 0 Å². The molecule has 0 fully saturated rings. The second-order valence-corrected chi connectivity index (χ2v) is 4.44. The Morgan fingerprint density at radius 2 is 1.44 bits per heavy atom. The highest BCUT2D eigenvalue weighted by Gasteiger charge is 2.14. The van der Waals surface area contributed by atoms with Gasteiger partial charge in [0.05, 0.1) is 45.7 Å². The molecule has 18 heavy (non-hydrogen) atoms. The van der Waals surface area contributed by atoms with Crippen molar-refractivity contribution in [3.8, 4) is 0 Å². The predicted octanol–water partition coefficient (Wildman–Crippen LogP) is 0.609. The zero-order valence-electron chi connectivity index (χ0n) is 11.3. The Morgan fingerprint density at radius 3 is 1.83 bits per heavy atom. The van der Waals surface area contributed by atoms with Crippen molar-refractivity contribution in [2.45, 2.75) is 12.5 Å². The van der Waals surface area contributed by atoms with Gasteiger partial charge in [-0.25, -0.2) is 0 Å². The summed E-state index contributed by atoms with van der Waals surface area (Å²) < 4.78 is 20.7. The molecule has 0 radical (unpaired) electrons. The van der Waals surface area contributed by atoms with Gasteiger partial charge in [-0.05, 0) is 6.42 Å². The van der Waals surface area contributed by atoms with Crippen LogP contribution in [0.4, 0.5) is 0 Å². The van der Waals surface area contributed by atoms with E-state index >= 15 is 0 Å². The van der Waals surface area contributed by atoms with Gasteiger partial charge in [-0.15, -0.1) is 0 Å². The number of ether oxygens (including phenoxy) is 4. The standard InChI is InChI=1S/C12H26O5S/c1-14-3-5-16-8-11(7-12(13)10-18)9-17-6-4-15-2/h11-13,18H,3-10H2,1-2H3. The van der Waals surface area contributed by atoms with Crippen LogP contribution in [0.1, 0.15) is 6.42 Å². The van der Waals surface area contributed by atoms with E-state index in [2.05, 4.69) is 12.6 Å². The first-order chi connectivity index (χ1) is 8.74. The molecule has 6 heteroatoms. The van der Waals surface area contributed by atoms with E-state index < -0.39 is 6.10 Å². The van der Waals surface area contributed by atoms with Gasteiger partial charge in [0.1, 0.15) is 0 Å². The summed E-state index contributed by atoms with van der Waals surface area (Å²) in [5.41, 5.74) is 0. The molecule has 0 rings (SSSR count). The quantitative estimate of drug-likeness (QED) is 0.383. The number of thiol groups is 1. The fourth-order valence-electron chi connectivity index (χ4n) is 1.43. The molecule has 5 nitrogen and oxygen atoms in total. The van der Waals surface area contributed by atoms with Gasteiger partial charge >= 0.3 is 0 Å². The average molecular weight is 282 g/mol. The maximum absolute atomic E-state index is 9.60. The van der Waals surface area contributed by atoms with Crippen LogP contribution in [0.2, 0.25) is 0 Å². The van der Waals surface area contributed by atoms with Crippen LogP contribution in [0.15, 0.2) is 0 Å². The molecule has 1 atom stereocenters. The second kappa shape index (κ2) is 13.6. The smallest absolute Gasteiger partial charge is 0.0700 e. The molecular formula is C12H26O5S. The molecule has 0 heterocycles. The zero-order valence-corrected chi connectivity index (χ0v) is 12.2. The summed E-state index contributed by atoms with van der Waals surface area (Å²) in [7, 11) is 3.28. The molecule has 110 valence electrons. The largest absolute Gasteiger partial charge is 0.392 e. The summed E-state index contributed by atoms with van der Waals surface area (Å²) in [4.78, 5) is 0. The van der Waals surface area contributed by atoms with E-state index in [4.69, 9.17) is 18.9 Å². The van der Waals surface area contributed by atoms with Gasteiger partial charge in [0.25, 0.3) is 0 Å². The Labute approximate surface area is 115 Å². The van der Waals surface area contributed by atoms with Crippen molar-refractivity contribution < 1.29 is 24.1 Å². The summed E-state index contributed by atoms with van der Waals surface area (Å²) >= 11 is 4.07. The highest BCUT2D eigenvalue weighted by Crippen LogP contribution is 2.10. The van der Waals surface area contributed by atoms with Crippen LogP contribution in [-0.2, 0) is 18.9 Å². The maximum Gasteiger partial charge on any atom is 0.0700 e. The molecule has 0 spiro atoms. The van der Waals surface area contributed by atoms with Crippen molar-refractivity contribution in [1.29, 1.82) is 0 Å². The highest BCUT2D eigenvalue weighted by molar-refractivity contribution is 7.80. The van der Waals surface area contributed by atoms with E-state index in [9.17, 15) is 5.11 Å². The summed E-state index contributed by atoms with van der Waals surface area (Å²) in [6.07, 6.45) is 0.207. The zero-order chi connectivity index (χ0) is 13.6. The van der Waals surface area contributed by atoms with Crippen LogP contribution in [0.5, 0.6) is 0 Å². The maximum atomic E-state index is 9.60. The van der Waals surface area contributed by atoms with Crippen LogP contribution in [0.25, 0.3) is 0 Å². The fourth-order valence-corrected chi connectivity index (χ4v) is 1.58. The lowest BCUT2D eigenvalue weighted by Crippen LogP contribution is -2.24. The van der Waals surface area contributed by atoms with Crippen molar-refractivity contribution in [2.24, 2.45) is 5.92 Å². The first-order valence-corrected chi connectivity index (χ1v) is 6.80. The summed E-state index contributed by atoms with van der Waals surface area (Å²) in [5.74, 6) is 0.618. The summed E-state index contributed by atoms with van der Waals surface area (Å²) in [6.45, 7) is 3.38. The number of aliphatic hydroxyl groups excluding tert-OH is 1. The van der Waals surface area contributed by atoms with Crippen LogP contribution in [0, 0.1) is 5.92 Å². The molecule has 0 amide bonds. The van der Waals surface area contributed by atoms with E-state index in [0.29, 0.717) is 51.8 Å². The van der Waals surface area contributed by atoms with Gasteiger partial charge < -0.3 is 24.1 Å². The van der Waals surface area contributed by atoms with Gasteiger partial charge in [-0.2, -0.15) is 12.6 Å². The first-order valence-electron chi connectivity index (χ1n) is 6.16. The lowest BCUT2D eigenvalue weighted by atomic mass is 10.0.